The van der Waals surface area contributed by atoms with Crippen LogP contribution in [0.4, 0.5) is 0 Å². The zero-order valence-corrected chi connectivity index (χ0v) is 13.9. The molecule has 4 rings (SSSR count). The van der Waals surface area contributed by atoms with Crippen LogP contribution in [0.15, 0.2) is 35.9 Å². The highest BCUT2D eigenvalue weighted by Gasteiger charge is 2.39. The van der Waals surface area contributed by atoms with Crippen LogP contribution in [0.5, 0.6) is 0 Å². The molecule has 2 aromatic rings. The molecule has 1 aliphatic carbocycles. The summed E-state index contributed by atoms with van der Waals surface area (Å²) in [5, 5.41) is 1.84. The zero-order chi connectivity index (χ0) is 16.7. The van der Waals surface area contributed by atoms with Crippen molar-refractivity contribution in [3.63, 3.8) is 0 Å². The summed E-state index contributed by atoms with van der Waals surface area (Å²) in [5.41, 5.74) is 2.89. The number of rotatable bonds is 0. The monoisotopic (exact) mass is 308 g/mol. The summed E-state index contributed by atoms with van der Waals surface area (Å²) in [5.74, 6) is -0.204. The molecule has 0 saturated carbocycles. The Morgan fingerprint density at radius 2 is 1.70 bits per heavy atom. The first-order chi connectivity index (χ1) is 11.1. The first kappa shape index (κ1) is 15.5. The molecule has 0 aromatic heterocycles. The number of carbonyl (C=O) groups excluding carboxylic acids is 2. The maximum absolute atomic E-state index is 12.6. The summed E-state index contributed by atoms with van der Waals surface area (Å²) >= 11 is 0. The maximum atomic E-state index is 12.6. The minimum absolute atomic E-state index is 0.0514. The van der Waals surface area contributed by atoms with Crippen LogP contribution in [-0.4, -0.2) is 17.7 Å². The van der Waals surface area contributed by atoms with E-state index in [1.54, 1.807) is 0 Å². The number of hydrogen-bond acceptors (Lipinski definition) is 3. The lowest BCUT2D eigenvalue weighted by Crippen LogP contribution is -2.23. The van der Waals surface area contributed by atoms with Crippen molar-refractivity contribution in [1.29, 1.82) is 0 Å². The standard InChI is InChI=1S/C18H14O3.C2H6/c1-9-7-13-15(12-6-4-3-5-11(9)12)17(20)16(19)14-8-10(2)21-18(13)14;1-2/h3-7,10H,8H2,1-2H3;1-2H3. The molecular formula is C20H20O3. The van der Waals surface area contributed by atoms with Gasteiger partial charge in [-0.1, -0.05) is 38.1 Å². The molecule has 0 N–H and O–H groups in total. The van der Waals surface area contributed by atoms with Crippen LogP contribution in [0, 0.1) is 6.92 Å². The molecular weight excluding hydrogens is 288 g/mol. The topological polar surface area (TPSA) is 43.4 Å². The minimum atomic E-state index is -0.407. The lowest BCUT2D eigenvalue weighted by atomic mass is 9.83. The molecule has 2 aliphatic rings. The van der Waals surface area contributed by atoms with Gasteiger partial charge in [-0.15, -0.1) is 0 Å². The molecule has 3 nitrogen and oxygen atoms in total. The van der Waals surface area contributed by atoms with Gasteiger partial charge in [-0.05, 0) is 36.2 Å². The van der Waals surface area contributed by atoms with Crippen LogP contribution < -0.4 is 0 Å². The van der Waals surface area contributed by atoms with E-state index in [0.29, 0.717) is 23.3 Å². The van der Waals surface area contributed by atoms with E-state index in [0.717, 1.165) is 21.9 Å². The highest BCUT2D eigenvalue weighted by molar-refractivity contribution is 6.54. The van der Waals surface area contributed by atoms with E-state index in [-0.39, 0.29) is 6.10 Å². The summed E-state index contributed by atoms with van der Waals surface area (Å²) in [6.07, 6.45) is 0.468. The highest BCUT2D eigenvalue weighted by atomic mass is 16.5. The Bertz CT molecular complexity index is 859. The predicted octanol–water partition coefficient (Wildman–Crippen LogP) is 4.46. The second-order valence-electron chi connectivity index (χ2n) is 5.76. The Morgan fingerprint density at radius 1 is 1.04 bits per heavy atom. The molecule has 1 unspecified atom stereocenters. The van der Waals surface area contributed by atoms with Crippen molar-refractivity contribution in [3.8, 4) is 0 Å². The normalized spacial score (nSPS) is 19.0. The molecule has 0 saturated heterocycles. The van der Waals surface area contributed by atoms with Gasteiger partial charge in [0.25, 0.3) is 0 Å². The van der Waals surface area contributed by atoms with Gasteiger partial charge in [0.15, 0.2) is 0 Å². The number of benzene rings is 2. The van der Waals surface area contributed by atoms with Crippen LogP contribution in [-0.2, 0) is 9.53 Å². The number of aryl methyl sites for hydroxylation is 1. The van der Waals surface area contributed by atoms with Crippen molar-refractivity contribution in [2.24, 2.45) is 0 Å². The molecule has 23 heavy (non-hydrogen) atoms. The fourth-order valence-corrected chi connectivity index (χ4v) is 3.35. The van der Waals surface area contributed by atoms with E-state index in [1.807, 2.05) is 58.0 Å². The Balaban J connectivity index is 0.000000753. The minimum Gasteiger partial charge on any atom is -0.489 e. The van der Waals surface area contributed by atoms with Gasteiger partial charge in [-0.25, -0.2) is 0 Å². The summed E-state index contributed by atoms with van der Waals surface area (Å²) in [6.45, 7) is 7.94. The van der Waals surface area contributed by atoms with Crippen LogP contribution in [0.25, 0.3) is 16.5 Å². The fraction of sp³-hybridized carbons (Fsp3) is 0.300. The molecule has 118 valence electrons. The summed E-state index contributed by atoms with van der Waals surface area (Å²) < 4.78 is 5.82. The second-order valence-corrected chi connectivity index (χ2v) is 5.76. The Morgan fingerprint density at radius 3 is 2.39 bits per heavy atom. The van der Waals surface area contributed by atoms with Crippen molar-refractivity contribution in [1.82, 2.24) is 0 Å². The maximum Gasteiger partial charge on any atom is 0.234 e. The lowest BCUT2D eigenvalue weighted by molar-refractivity contribution is -0.111. The first-order valence-corrected chi connectivity index (χ1v) is 8.09. The van der Waals surface area contributed by atoms with E-state index >= 15 is 0 Å². The van der Waals surface area contributed by atoms with Gasteiger partial charge < -0.3 is 4.74 Å². The number of hydrogen-bond donors (Lipinski definition) is 0. The van der Waals surface area contributed by atoms with Crippen molar-refractivity contribution in [3.05, 3.63) is 52.6 Å². The first-order valence-electron chi connectivity index (χ1n) is 8.09. The van der Waals surface area contributed by atoms with Gasteiger partial charge in [0, 0.05) is 23.1 Å². The summed E-state index contributed by atoms with van der Waals surface area (Å²) in [6, 6.07) is 9.67. The third-order valence-corrected chi connectivity index (χ3v) is 4.29. The fourth-order valence-electron chi connectivity index (χ4n) is 3.35. The molecule has 0 bridgehead atoms. The summed E-state index contributed by atoms with van der Waals surface area (Å²) in [7, 11) is 0. The number of ether oxygens (including phenoxy) is 1. The molecule has 0 radical (unpaired) electrons. The molecule has 0 spiro atoms. The van der Waals surface area contributed by atoms with Crippen LogP contribution >= 0.6 is 0 Å². The third-order valence-electron chi connectivity index (χ3n) is 4.29. The molecule has 0 fully saturated rings. The molecule has 2 aromatic carbocycles. The highest BCUT2D eigenvalue weighted by Crippen LogP contribution is 2.41. The van der Waals surface area contributed by atoms with Crippen LogP contribution in [0.3, 0.4) is 0 Å². The van der Waals surface area contributed by atoms with Crippen molar-refractivity contribution < 1.29 is 14.3 Å². The van der Waals surface area contributed by atoms with Gasteiger partial charge in [0.1, 0.15) is 11.9 Å². The van der Waals surface area contributed by atoms with Crippen molar-refractivity contribution in [2.45, 2.75) is 40.2 Å². The van der Waals surface area contributed by atoms with Gasteiger partial charge in [-0.2, -0.15) is 0 Å². The number of carbonyl (C=O) groups is 2. The van der Waals surface area contributed by atoms with Gasteiger partial charge >= 0.3 is 0 Å². The molecule has 3 heteroatoms. The Kier molecular flexibility index (Phi) is 3.80. The Hall–Kier alpha value is -2.42. The van der Waals surface area contributed by atoms with Crippen molar-refractivity contribution in [2.75, 3.05) is 0 Å². The SMILES string of the molecule is CC.Cc1cc2c(c3ccccc13)C(=O)C(=O)C1=C2OC(C)C1. The van der Waals surface area contributed by atoms with E-state index < -0.39 is 11.6 Å². The average Bonchev–Trinajstić information content (AvgIpc) is 2.97. The van der Waals surface area contributed by atoms with Crippen LogP contribution in [0.2, 0.25) is 0 Å². The zero-order valence-electron chi connectivity index (χ0n) is 13.9. The average molecular weight is 308 g/mol. The third kappa shape index (κ3) is 2.19. The molecule has 0 amide bonds. The van der Waals surface area contributed by atoms with Gasteiger partial charge in [0.2, 0.25) is 11.6 Å². The number of ketones is 2. The van der Waals surface area contributed by atoms with Crippen LogP contribution in [0.1, 0.15) is 48.7 Å². The van der Waals surface area contributed by atoms with E-state index in [9.17, 15) is 9.59 Å². The number of fused-ring (bicyclic) bond motifs is 4. The van der Waals surface area contributed by atoms with E-state index in [1.165, 1.54) is 0 Å². The summed E-state index contributed by atoms with van der Waals surface area (Å²) in [4.78, 5) is 24.9. The smallest absolute Gasteiger partial charge is 0.234 e. The molecule has 1 heterocycles. The Labute approximate surface area is 136 Å². The number of Topliss-reactive ketones (excluding diaryl/α,β-unsaturated/α-hetero) is 2. The largest absolute Gasteiger partial charge is 0.489 e. The second kappa shape index (κ2) is 5.65. The van der Waals surface area contributed by atoms with E-state index in [4.69, 9.17) is 4.74 Å². The quantitative estimate of drug-likeness (QED) is 0.675. The molecule has 1 atom stereocenters. The van der Waals surface area contributed by atoms with Gasteiger partial charge in [-0.3, -0.25) is 9.59 Å². The lowest BCUT2D eigenvalue weighted by Gasteiger charge is -2.19. The van der Waals surface area contributed by atoms with Crippen molar-refractivity contribution >= 4 is 28.1 Å². The van der Waals surface area contributed by atoms with Gasteiger partial charge in [0.05, 0.1) is 0 Å². The van der Waals surface area contributed by atoms with E-state index in [2.05, 4.69) is 0 Å². The predicted molar refractivity (Wildman–Crippen MR) is 91.5 cm³/mol. The molecule has 1 aliphatic heterocycles.